The Bertz CT molecular complexity index is 1080. The minimum atomic E-state index is -3.84. The molecule has 2 aromatic rings. The number of hydrazone groups is 1. The maximum Gasteiger partial charge on any atom is 0.311 e. The van der Waals surface area contributed by atoms with E-state index in [9.17, 15) is 23.6 Å². The zero-order valence-corrected chi connectivity index (χ0v) is 15.5. The number of rotatable bonds is 6. The van der Waals surface area contributed by atoms with Crippen molar-refractivity contribution in [3.05, 3.63) is 63.7 Å². The zero-order valence-electron chi connectivity index (χ0n) is 14.7. The Morgan fingerprint density at radius 1 is 1.32 bits per heavy atom. The van der Waals surface area contributed by atoms with Crippen molar-refractivity contribution in [3.63, 3.8) is 0 Å². The summed E-state index contributed by atoms with van der Waals surface area (Å²) in [6.45, 7) is -0.321. The largest absolute Gasteiger partial charge is 0.490 e. The number of hydrogen-bond acceptors (Lipinski definition) is 8. The van der Waals surface area contributed by atoms with Crippen LogP contribution in [0.15, 0.2) is 56.9 Å². The Morgan fingerprint density at radius 3 is 2.75 bits per heavy atom. The summed E-state index contributed by atoms with van der Waals surface area (Å²) in [6.07, 6.45) is 1.32. The van der Waals surface area contributed by atoms with E-state index in [0.717, 1.165) is 0 Å². The van der Waals surface area contributed by atoms with Crippen molar-refractivity contribution < 1.29 is 23.2 Å². The molecule has 0 radical (unpaired) electrons. The monoisotopic (exact) mass is 404 g/mol. The molecule has 1 aliphatic rings. The summed E-state index contributed by atoms with van der Waals surface area (Å²) in [5.74, 6) is 0.179. The van der Waals surface area contributed by atoms with Crippen LogP contribution in [0.5, 0.6) is 5.75 Å². The lowest BCUT2D eigenvalue weighted by atomic mass is 10.2. The highest BCUT2D eigenvalue weighted by Crippen LogP contribution is 2.28. The quantitative estimate of drug-likeness (QED) is 0.436. The van der Waals surface area contributed by atoms with E-state index >= 15 is 0 Å². The highest BCUT2D eigenvalue weighted by atomic mass is 32.2. The third-order valence-electron chi connectivity index (χ3n) is 3.91. The van der Waals surface area contributed by atoms with Crippen molar-refractivity contribution in [2.24, 2.45) is 9.50 Å². The topological polar surface area (TPSA) is 135 Å². The van der Waals surface area contributed by atoms with Gasteiger partial charge >= 0.3 is 5.69 Å². The Balaban J connectivity index is 1.97. The first-order valence-electron chi connectivity index (χ1n) is 8.06. The average molecular weight is 404 g/mol. The van der Waals surface area contributed by atoms with Crippen LogP contribution in [-0.2, 0) is 10.0 Å². The number of aliphatic hydroxyl groups excluding tert-OH is 1. The summed E-state index contributed by atoms with van der Waals surface area (Å²) in [6, 6.07) is 10.6. The van der Waals surface area contributed by atoms with Gasteiger partial charge in [0, 0.05) is 17.2 Å². The molecule has 0 unspecified atom stereocenters. The third-order valence-corrected chi connectivity index (χ3v) is 5.24. The number of amidine groups is 1. The second kappa shape index (κ2) is 7.74. The normalized spacial score (nSPS) is 14.6. The SMILES string of the molecule is COc1ccc(/C=N/N(CCO)C2=NS(=O)(=O)c3ccccc32)cc1[N+](=O)[O-]. The van der Waals surface area contributed by atoms with Gasteiger partial charge in [0.15, 0.2) is 11.6 Å². The van der Waals surface area contributed by atoms with Gasteiger partial charge in [-0.15, -0.1) is 4.40 Å². The van der Waals surface area contributed by atoms with Gasteiger partial charge in [-0.25, -0.2) is 5.01 Å². The lowest BCUT2D eigenvalue weighted by Gasteiger charge is -2.17. The number of sulfonamides is 1. The minimum Gasteiger partial charge on any atom is -0.490 e. The highest BCUT2D eigenvalue weighted by Gasteiger charge is 2.31. The van der Waals surface area contributed by atoms with Crippen molar-refractivity contribution in [1.29, 1.82) is 0 Å². The summed E-state index contributed by atoms with van der Waals surface area (Å²) >= 11 is 0. The first-order chi connectivity index (χ1) is 13.4. The van der Waals surface area contributed by atoms with E-state index in [1.165, 1.54) is 36.5 Å². The van der Waals surface area contributed by atoms with Gasteiger partial charge in [-0.3, -0.25) is 10.1 Å². The number of aliphatic hydroxyl groups is 1. The Hall–Kier alpha value is -3.31. The summed E-state index contributed by atoms with van der Waals surface area (Å²) in [5, 5.41) is 25.9. The van der Waals surface area contributed by atoms with Crippen LogP contribution in [0.25, 0.3) is 0 Å². The molecule has 0 saturated carbocycles. The van der Waals surface area contributed by atoms with E-state index in [0.29, 0.717) is 11.1 Å². The van der Waals surface area contributed by atoms with Crippen LogP contribution in [-0.4, -0.2) is 55.8 Å². The van der Waals surface area contributed by atoms with Crippen molar-refractivity contribution >= 4 is 27.8 Å². The summed E-state index contributed by atoms with van der Waals surface area (Å²) in [4.78, 5) is 10.6. The van der Waals surface area contributed by atoms with Crippen molar-refractivity contribution in [2.45, 2.75) is 4.90 Å². The van der Waals surface area contributed by atoms with Crippen LogP contribution >= 0.6 is 0 Å². The molecular formula is C17H16N4O6S. The van der Waals surface area contributed by atoms with Crippen LogP contribution < -0.4 is 4.74 Å². The molecule has 0 amide bonds. The second-order valence-electron chi connectivity index (χ2n) is 5.67. The van der Waals surface area contributed by atoms with Crippen LogP contribution in [0.2, 0.25) is 0 Å². The van der Waals surface area contributed by atoms with E-state index in [1.54, 1.807) is 24.3 Å². The third kappa shape index (κ3) is 3.70. The fourth-order valence-electron chi connectivity index (χ4n) is 2.65. The summed E-state index contributed by atoms with van der Waals surface area (Å²) in [5.41, 5.74) is 0.533. The molecule has 1 heterocycles. The molecule has 0 spiro atoms. The second-order valence-corrected chi connectivity index (χ2v) is 7.24. The molecular weight excluding hydrogens is 388 g/mol. The predicted molar refractivity (Wildman–Crippen MR) is 101 cm³/mol. The fraction of sp³-hybridized carbons (Fsp3) is 0.176. The molecule has 3 rings (SSSR count). The maximum atomic E-state index is 12.2. The number of ether oxygens (including phenoxy) is 1. The van der Waals surface area contributed by atoms with Crippen LogP contribution in [0.4, 0.5) is 5.69 Å². The van der Waals surface area contributed by atoms with Gasteiger partial charge in [-0.05, 0) is 24.3 Å². The molecule has 0 aliphatic carbocycles. The maximum absolute atomic E-state index is 12.2. The minimum absolute atomic E-state index is 0.0164. The lowest BCUT2D eigenvalue weighted by Crippen LogP contribution is -2.28. The molecule has 0 atom stereocenters. The van der Waals surface area contributed by atoms with Gasteiger partial charge < -0.3 is 9.84 Å². The van der Waals surface area contributed by atoms with Crippen LogP contribution in [0.3, 0.4) is 0 Å². The molecule has 1 N–H and O–H groups in total. The highest BCUT2D eigenvalue weighted by molar-refractivity contribution is 7.90. The van der Waals surface area contributed by atoms with E-state index in [4.69, 9.17) is 4.74 Å². The number of hydrogen-bond donors (Lipinski definition) is 1. The Labute approximate surface area is 160 Å². The van der Waals surface area contributed by atoms with E-state index in [-0.39, 0.29) is 35.3 Å². The first-order valence-corrected chi connectivity index (χ1v) is 9.50. The summed E-state index contributed by atoms with van der Waals surface area (Å²) in [7, 11) is -2.51. The molecule has 0 fully saturated rings. The molecule has 146 valence electrons. The van der Waals surface area contributed by atoms with Crippen molar-refractivity contribution in [1.82, 2.24) is 5.01 Å². The van der Waals surface area contributed by atoms with Gasteiger partial charge in [-0.2, -0.15) is 13.5 Å². The first kappa shape index (κ1) is 19.5. The van der Waals surface area contributed by atoms with Crippen molar-refractivity contribution in [2.75, 3.05) is 20.3 Å². The number of nitro benzene ring substituents is 1. The van der Waals surface area contributed by atoms with Gasteiger partial charge in [0.1, 0.15) is 4.90 Å². The molecule has 11 heteroatoms. The molecule has 1 aliphatic heterocycles. The fourth-order valence-corrected chi connectivity index (χ4v) is 3.86. The van der Waals surface area contributed by atoms with E-state index in [1.807, 2.05) is 0 Å². The molecule has 0 bridgehead atoms. The molecule has 0 saturated heterocycles. The smallest absolute Gasteiger partial charge is 0.311 e. The zero-order chi connectivity index (χ0) is 20.3. The van der Waals surface area contributed by atoms with Gasteiger partial charge in [0.05, 0.1) is 31.4 Å². The molecule has 2 aromatic carbocycles. The Morgan fingerprint density at radius 2 is 2.07 bits per heavy atom. The van der Waals surface area contributed by atoms with Gasteiger partial charge in [-0.1, -0.05) is 12.1 Å². The van der Waals surface area contributed by atoms with Gasteiger partial charge in [0.25, 0.3) is 10.0 Å². The lowest BCUT2D eigenvalue weighted by molar-refractivity contribution is -0.385. The number of nitrogens with zero attached hydrogens (tertiary/aromatic N) is 4. The number of nitro groups is 1. The van der Waals surface area contributed by atoms with Gasteiger partial charge in [0.2, 0.25) is 0 Å². The van der Waals surface area contributed by atoms with E-state index < -0.39 is 14.9 Å². The predicted octanol–water partition coefficient (Wildman–Crippen LogP) is 1.38. The Kier molecular flexibility index (Phi) is 5.38. The molecule has 0 aromatic heterocycles. The number of fused-ring (bicyclic) bond motifs is 1. The summed E-state index contributed by atoms with van der Waals surface area (Å²) < 4.78 is 33.1. The molecule has 28 heavy (non-hydrogen) atoms. The van der Waals surface area contributed by atoms with Crippen LogP contribution in [0, 0.1) is 10.1 Å². The van der Waals surface area contributed by atoms with E-state index in [2.05, 4.69) is 9.50 Å². The number of methoxy groups -OCH3 is 1. The van der Waals surface area contributed by atoms with Crippen molar-refractivity contribution in [3.8, 4) is 5.75 Å². The number of benzene rings is 2. The van der Waals surface area contributed by atoms with Crippen LogP contribution in [0.1, 0.15) is 11.1 Å². The molecule has 10 nitrogen and oxygen atoms in total. The average Bonchev–Trinajstić information content (AvgIpc) is 2.96. The standard InChI is InChI=1S/C17H16N4O6S/c1-27-15-7-6-12(10-14(15)21(23)24)11-18-20(8-9-22)17-13-4-2-3-5-16(13)28(25,26)19-17/h2-7,10-11,22H,8-9H2,1H3/b18-11+.